The number of anilines is 1. The van der Waals surface area contributed by atoms with Gasteiger partial charge in [-0.05, 0) is 28.1 Å². The van der Waals surface area contributed by atoms with Crippen molar-refractivity contribution in [2.45, 2.75) is 0 Å². The Bertz CT molecular complexity index is 486. The maximum absolute atomic E-state index is 10.3. The highest BCUT2D eigenvalue weighted by atomic mass is 79.9. The molecular weight excluding hydrogens is 246 g/mol. The molecule has 0 spiro atoms. The molecular formula is C9H6BrN3O. The van der Waals surface area contributed by atoms with Crippen LogP contribution in [0.15, 0.2) is 29.0 Å². The lowest BCUT2D eigenvalue weighted by Gasteiger charge is -2.04. The van der Waals surface area contributed by atoms with E-state index in [-0.39, 0.29) is 0 Å². The summed E-state index contributed by atoms with van der Waals surface area (Å²) in [7, 11) is 0. The van der Waals surface area contributed by atoms with E-state index >= 15 is 0 Å². The first-order chi connectivity index (χ1) is 6.83. The summed E-state index contributed by atoms with van der Waals surface area (Å²) >= 11 is 3.36. The van der Waals surface area contributed by atoms with Gasteiger partial charge in [0.25, 0.3) is 0 Å². The van der Waals surface area contributed by atoms with Crippen molar-refractivity contribution < 1.29 is 4.79 Å². The molecule has 0 unspecified atom stereocenters. The molecule has 0 saturated carbocycles. The minimum Gasteiger partial charge on any atom is -0.328 e. The predicted octanol–water partition coefficient (Wildman–Crippen LogP) is 1.96. The van der Waals surface area contributed by atoms with E-state index in [1.54, 1.807) is 24.5 Å². The first-order valence-corrected chi connectivity index (χ1v) is 4.71. The Morgan fingerprint density at radius 1 is 1.29 bits per heavy atom. The first kappa shape index (κ1) is 9.08. The van der Waals surface area contributed by atoms with Crippen molar-refractivity contribution in [1.29, 1.82) is 0 Å². The highest BCUT2D eigenvalue weighted by Crippen LogP contribution is 2.28. The van der Waals surface area contributed by atoms with Gasteiger partial charge in [-0.25, -0.2) is 0 Å². The molecule has 1 amide bonds. The number of nitrogens with one attached hydrogen (secondary N) is 1. The molecule has 0 aliphatic carbocycles. The SMILES string of the molecule is O=CNc1ccc2nccnc2c1Br. The Morgan fingerprint density at radius 2 is 2.07 bits per heavy atom. The van der Waals surface area contributed by atoms with Crippen LogP contribution >= 0.6 is 15.9 Å². The third-order valence-corrected chi connectivity index (χ3v) is 2.60. The summed E-state index contributed by atoms with van der Waals surface area (Å²) in [6.45, 7) is 0. The molecule has 1 aromatic heterocycles. The molecule has 0 fully saturated rings. The van der Waals surface area contributed by atoms with Gasteiger partial charge in [-0.3, -0.25) is 14.8 Å². The molecule has 2 rings (SSSR count). The minimum absolute atomic E-state index is 0.627. The number of halogens is 1. The van der Waals surface area contributed by atoms with Crippen LogP contribution in [0.25, 0.3) is 11.0 Å². The van der Waals surface area contributed by atoms with Crippen LogP contribution < -0.4 is 5.32 Å². The average molecular weight is 252 g/mol. The van der Waals surface area contributed by atoms with Crippen LogP contribution in [-0.2, 0) is 4.79 Å². The molecule has 0 bridgehead atoms. The number of carbonyl (C=O) groups excluding carboxylic acids is 1. The van der Waals surface area contributed by atoms with Crippen LogP contribution in [-0.4, -0.2) is 16.4 Å². The average Bonchev–Trinajstić information content (AvgIpc) is 2.23. The van der Waals surface area contributed by atoms with E-state index in [0.29, 0.717) is 12.1 Å². The summed E-state index contributed by atoms with van der Waals surface area (Å²) in [4.78, 5) is 18.6. The lowest BCUT2D eigenvalue weighted by Crippen LogP contribution is -1.95. The zero-order valence-corrected chi connectivity index (χ0v) is 8.65. The van der Waals surface area contributed by atoms with Gasteiger partial charge in [-0.2, -0.15) is 0 Å². The summed E-state index contributed by atoms with van der Waals surface area (Å²) in [5.41, 5.74) is 2.21. The number of aromatic nitrogens is 2. The maximum Gasteiger partial charge on any atom is 0.211 e. The van der Waals surface area contributed by atoms with Crippen molar-refractivity contribution in [2.24, 2.45) is 0 Å². The molecule has 1 heterocycles. The third-order valence-electron chi connectivity index (χ3n) is 1.79. The van der Waals surface area contributed by atoms with E-state index in [1.165, 1.54) is 0 Å². The van der Waals surface area contributed by atoms with E-state index in [0.717, 1.165) is 15.5 Å². The van der Waals surface area contributed by atoms with Crippen LogP contribution in [0, 0.1) is 0 Å². The molecule has 0 aliphatic heterocycles. The third kappa shape index (κ3) is 1.46. The van der Waals surface area contributed by atoms with Crippen molar-refractivity contribution >= 4 is 39.1 Å². The number of rotatable bonds is 2. The lowest BCUT2D eigenvalue weighted by atomic mass is 10.2. The van der Waals surface area contributed by atoms with Gasteiger partial charge in [0.1, 0.15) is 5.52 Å². The fraction of sp³-hybridized carbons (Fsp3) is 0. The van der Waals surface area contributed by atoms with Gasteiger partial charge in [0.05, 0.1) is 15.7 Å². The summed E-state index contributed by atoms with van der Waals surface area (Å²) < 4.78 is 0.746. The van der Waals surface area contributed by atoms with Crippen molar-refractivity contribution in [2.75, 3.05) is 5.32 Å². The van der Waals surface area contributed by atoms with Crippen LogP contribution in [0.5, 0.6) is 0 Å². The molecule has 0 saturated heterocycles. The maximum atomic E-state index is 10.3. The molecule has 5 heteroatoms. The summed E-state index contributed by atoms with van der Waals surface area (Å²) in [5, 5.41) is 2.57. The number of hydrogen-bond acceptors (Lipinski definition) is 3. The molecule has 0 atom stereocenters. The first-order valence-electron chi connectivity index (χ1n) is 3.92. The molecule has 70 valence electrons. The minimum atomic E-state index is 0.627. The molecule has 14 heavy (non-hydrogen) atoms. The smallest absolute Gasteiger partial charge is 0.211 e. The zero-order valence-electron chi connectivity index (χ0n) is 7.07. The van der Waals surface area contributed by atoms with Crippen LogP contribution in [0.3, 0.4) is 0 Å². The Labute approximate surface area is 88.5 Å². The second kappa shape index (κ2) is 3.71. The van der Waals surface area contributed by atoms with E-state index in [1.807, 2.05) is 0 Å². The highest BCUT2D eigenvalue weighted by molar-refractivity contribution is 9.10. The Hall–Kier alpha value is -1.49. The molecule has 1 aromatic carbocycles. The van der Waals surface area contributed by atoms with Crippen LogP contribution in [0.2, 0.25) is 0 Å². The predicted molar refractivity (Wildman–Crippen MR) is 56.9 cm³/mol. The number of carbonyl (C=O) groups is 1. The fourth-order valence-corrected chi connectivity index (χ4v) is 1.73. The quantitative estimate of drug-likeness (QED) is 0.831. The highest BCUT2D eigenvalue weighted by Gasteiger charge is 2.05. The number of hydrogen-bond donors (Lipinski definition) is 1. The van der Waals surface area contributed by atoms with Gasteiger partial charge in [-0.15, -0.1) is 0 Å². The lowest BCUT2D eigenvalue weighted by molar-refractivity contribution is -0.105. The molecule has 1 N–H and O–H groups in total. The summed E-state index contributed by atoms with van der Waals surface area (Å²) in [5.74, 6) is 0. The van der Waals surface area contributed by atoms with Gasteiger partial charge >= 0.3 is 0 Å². The Kier molecular flexibility index (Phi) is 2.41. The van der Waals surface area contributed by atoms with E-state index in [4.69, 9.17) is 0 Å². The van der Waals surface area contributed by atoms with Gasteiger partial charge < -0.3 is 5.32 Å². The molecule has 0 aliphatic rings. The monoisotopic (exact) mass is 251 g/mol. The standard InChI is InChI=1S/C9H6BrN3O/c10-8-6(13-5-14)1-2-7-9(8)12-4-3-11-7/h1-5H,(H,13,14). The van der Waals surface area contributed by atoms with Gasteiger partial charge in [-0.1, -0.05) is 0 Å². The second-order valence-corrected chi connectivity index (χ2v) is 3.41. The number of fused-ring (bicyclic) bond motifs is 1. The topological polar surface area (TPSA) is 54.9 Å². The largest absolute Gasteiger partial charge is 0.328 e. The summed E-state index contributed by atoms with van der Waals surface area (Å²) in [6.07, 6.45) is 3.86. The second-order valence-electron chi connectivity index (χ2n) is 2.61. The summed E-state index contributed by atoms with van der Waals surface area (Å²) in [6, 6.07) is 3.58. The van der Waals surface area contributed by atoms with Crippen molar-refractivity contribution in [3.8, 4) is 0 Å². The number of benzene rings is 1. The van der Waals surface area contributed by atoms with Crippen molar-refractivity contribution in [3.05, 3.63) is 29.0 Å². The molecule has 2 aromatic rings. The number of nitrogens with zero attached hydrogens (tertiary/aromatic N) is 2. The normalized spacial score (nSPS) is 10.1. The van der Waals surface area contributed by atoms with E-state index in [9.17, 15) is 4.79 Å². The van der Waals surface area contributed by atoms with Crippen LogP contribution in [0.4, 0.5) is 5.69 Å². The van der Waals surface area contributed by atoms with Crippen molar-refractivity contribution in [3.63, 3.8) is 0 Å². The van der Waals surface area contributed by atoms with Crippen molar-refractivity contribution in [1.82, 2.24) is 9.97 Å². The fourth-order valence-electron chi connectivity index (χ4n) is 1.18. The Balaban J connectivity index is 2.68. The van der Waals surface area contributed by atoms with Gasteiger partial charge in [0, 0.05) is 12.4 Å². The number of amides is 1. The molecule has 4 nitrogen and oxygen atoms in total. The zero-order chi connectivity index (χ0) is 9.97. The van der Waals surface area contributed by atoms with E-state index in [2.05, 4.69) is 31.2 Å². The molecule has 0 radical (unpaired) electrons. The van der Waals surface area contributed by atoms with Crippen LogP contribution in [0.1, 0.15) is 0 Å². The van der Waals surface area contributed by atoms with Gasteiger partial charge in [0.15, 0.2) is 0 Å². The van der Waals surface area contributed by atoms with E-state index < -0.39 is 0 Å². The Morgan fingerprint density at radius 3 is 2.86 bits per heavy atom. The van der Waals surface area contributed by atoms with Gasteiger partial charge in [0.2, 0.25) is 6.41 Å².